The largest absolute Gasteiger partial charge is 0.393 e. The highest BCUT2D eigenvalue weighted by molar-refractivity contribution is 5.95. The molecule has 0 aliphatic carbocycles. The van der Waals surface area contributed by atoms with E-state index >= 15 is 0 Å². The van der Waals surface area contributed by atoms with Gasteiger partial charge in [-0.2, -0.15) is 0 Å². The fourth-order valence-corrected chi connectivity index (χ4v) is 1.29. The summed E-state index contributed by atoms with van der Waals surface area (Å²) in [4.78, 5) is 23.5. The third-order valence-electron chi connectivity index (χ3n) is 2.57. The van der Waals surface area contributed by atoms with Crippen LogP contribution >= 0.6 is 0 Å². The monoisotopic (exact) mass is 237 g/mol. The Morgan fingerprint density at radius 3 is 2.47 bits per heavy atom. The summed E-state index contributed by atoms with van der Waals surface area (Å²) >= 11 is 0. The highest BCUT2D eigenvalue weighted by atomic mass is 16.6. The number of hydrogen-bond donors (Lipinski definition) is 1. The maximum absolute atomic E-state index is 11.9. The van der Waals surface area contributed by atoms with Gasteiger partial charge in [-0.05, 0) is 26.0 Å². The first kappa shape index (κ1) is 13.0. The summed E-state index contributed by atoms with van der Waals surface area (Å²) in [6, 6.07) is 4.05. The van der Waals surface area contributed by atoms with E-state index in [0.717, 1.165) is 0 Å². The zero-order chi connectivity index (χ0) is 13.2. The summed E-state index contributed by atoms with van der Waals surface area (Å²) in [6.07, 6.45) is 0. The number of nitrogens with two attached hydrogens (primary N) is 1. The Kier molecular flexibility index (Phi) is 3.67. The van der Waals surface area contributed by atoms with Gasteiger partial charge in [0.05, 0.1) is 4.92 Å². The minimum atomic E-state index is -0.574. The van der Waals surface area contributed by atoms with E-state index in [4.69, 9.17) is 5.73 Å². The number of hydrogen-bond acceptors (Lipinski definition) is 4. The van der Waals surface area contributed by atoms with Crippen LogP contribution in [0.25, 0.3) is 0 Å². The number of nitro groups is 1. The molecule has 0 aromatic heterocycles. The van der Waals surface area contributed by atoms with Gasteiger partial charge in [0.2, 0.25) is 0 Å². The number of nitrogen functional groups attached to an aromatic ring is 1. The van der Waals surface area contributed by atoms with Gasteiger partial charge >= 0.3 is 0 Å². The molecule has 1 rings (SSSR count). The van der Waals surface area contributed by atoms with E-state index in [2.05, 4.69) is 0 Å². The molecule has 0 spiro atoms. The predicted octanol–water partition coefficient (Wildman–Crippen LogP) is 1.66. The third kappa shape index (κ3) is 2.72. The smallest absolute Gasteiger partial charge is 0.292 e. The molecule has 1 aromatic carbocycles. The molecule has 0 atom stereocenters. The van der Waals surface area contributed by atoms with Crippen molar-refractivity contribution in [3.63, 3.8) is 0 Å². The SMILES string of the molecule is CC(C)N(C)C(=O)c1ccc([N+](=O)[O-])c(N)c1. The Labute approximate surface area is 99.2 Å². The number of rotatable bonds is 3. The average Bonchev–Trinajstić information content (AvgIpc) is 2.26. The number of nitrogens with zero attached hydrogens (tertiary/aromatic N) is 2. The molecule has 0 aliphatic heterocycles. The van der Waals surface area contributed by atoms with E-state index in [0.29, 0.717) is 5.56 Å². The predicted molar refractivity (Wildman–Crippen MR) is 64.7 cm³/mol. The Balaban J connectivity index is 3.06. The van der Waals surface area contributed by atoms with Gasteiger partial charge < -0.3 is 10.6 Å². The molecule has 0 unspecified atom stereocenters. The first-order valence-electron chi connectivity index (χ1n) is 5.15. The van der Waals surface area contributed by atoms with E-state index < -0.39 is 4.92 Å². The van der Waals surface area contributed by atoms with Crippen LogP contribution in [-0.2, 0) is 0 Å². The molecule has 1 aromatic rings. The first-order chi connectivity index (χ1) is 7.84. The Morgan fingerprint density at radius 2 is 2.06 bits per heavy atom. The zero-order valence-corrected chi connectivity index (χ0v) is 10.0. The van der Waals surface area contributed by atoms with Gasteiger partial charge in [-0.3, -0.25) is 14.9 Å². The van der Waals surface area contributed by atoms with Crippen molar-refractivity contribution in [2.24, 2.45) is 0 Å². The van der Waals surface area contributed by atoms with Gasteiger partial charge in [0.1, 0.15) is 5.69 Å². The number of anilines is 1. The molecule has 92 valence electrons. The molecule has 2 N–H and O–H groups in total. The number of carbonyl (C=O) groups is 1. The van der Waals surface area contributed by atoms with Gasteiger partial charge in [-0.1, -0.05) is 0 Å². The van der Waals surface area contributed by atoms with Crippen molar-refractivity contribution in [2.45, 2.75) is 19.9 Å². The van der Waals surface area contributed by atoms with Gasteiger partial charge in [0.15, 0.2) is 0 Å². The van der Waals surface area contributed by atoms with E-state index in [1.807, 2.05) is 13.8 Å². The van der Waals surface area contributed by atoms with Crippen molar-refractivity contribution < 1.29 is 9.72 Å². The Morgan fingerprint density at radius 1 is 1.47 bits per heavy atom. The van der Waals surface area contributed by atoms with Crippen LogP contribution in [0.15, 0.2) is 18.2 Å². The number of benzene rings is 1. The number of nitro benzene ring substituents is 1. The second kappa shape index (κ2) is 4.82. The molecule has 0 aliphatic rings. The third-order valence-corrected chi connectivity index (χ3v) is 2.57. The van der Waals surface area contributed by atoms with E-state index in [-0.39, 0.29) is 23.3 Å². The molecular formula is C11H15N3O3. The molecule has 0 radical (unpaired) electrons. The topological polar surface area (TPSA) is 89.5 Å². The van der Waals surface area contributed by atoms with Crippen molar-refractivity contribution >= 4 is 17.3 Å². The minimum Gasteiger partial charge on any atom is -0.393 e. The lowest BCUT2D eigenvalue weighted by atomic mass is 10.1. The number of carbonyl (C=O) groups excluding carboxylic acids is 1. The molecule has 0 bridgehead atoms. The molecule has 0 fully saturated rings. The van der Waals surface area contributed by atoms with Crippen molar-refractivity contribution in [1.82, 2.24) is 4.90 Å². The fraction of sp³-hybridized carbons (Fsp3) is 0.364. The normalized spacial score (nSPS) is 10.4. The van der Waals surface area contributed by atoms with Crippen LogP contribution in [0.4, 0.5) is 11.4 Å². The van der Waals surface area contributed by atoms with Crippen LogP contribution in [-0.4, -0.2) is 28.8 Å². The van der Waals surface area contributed by atoms with E-state index in [9.17, 15) is 14.9 Å². The van der Waals surface area contributed by atoms with E-state index in [1.54, 1.807) is 11.9 Å². The highest BCUT2D eigenvalue weighted by Crippen LogP contribution is 2.22. The summed E-state index contributed by atoms with van der Waals surface area (Å²) in [5.74, 6) is -0.207. The Bertz CT molecular complexity index is 457. The maximum atomic E-state index is 11.9. The molecular weight excluding hydrogens is 222 g/mol. The summed E-state index contributed by atoms with van der Waals surface area (Å²) < 4.78 is 0. The van der Waals surface area contributed by atoms with Crippen molar-refractivity contribution in [2.75, 3.05) is 12.8 Å². The van der Waals surface area contributed by atoms with Gasteiger partial charge in [0, 0.05) is 24.7 Å². The van der Waals surface area contributed by atoms with Crippen molar-refractivity contribution in [1.29, 1.82) is 0 Å². The highest BCUT2D eigenvalue weighted by Gasteiger charge is 2.18. The molecule has 0 saturated carbocycles. The van der Waals surface area contributed by atoms with Crippen molar-refractivity contribution in [3.8, 4) is 0 Å². The van der Waals surface area contributed by atoms with Crippen LogP contribution in [0.5, 0.6) is 0 Å². The number of amides is 1. The Hall–Kier alpha value is -2.11. The zero-order valence-electron chi connectivity index (χ0n) is 10.0. The molecule has 1 amide bonds. The lowest BCUT2D eigenvalue weighted by molar-refractivity contribution is -0.383. The minimum absolute atomic E-state index is 0.00185. The van der Waals surface area contributed by atoms with Gasteiger partial charge in [-0.25, -0.2) is 0 Å². The van der Waals surface area contributed by atoms with Crippen LogP contribution in [0.3, 0.4) is 0 Å². The lowest BCUT2D eigenvalue weighted by Crippen LogP contribution is -2.33. The maximum Gasteiger partial charge on any atom is 0.292 e. The summed E-state index contributed by atoms with van der Waals surface area (Å²) in [5, 5.41) is 10.6. The van der Waals surface area contributed by atoms with Crippen molar-refractivity contribution in [3.05, 3.63) is 33.9 Å². The molecule has 0 heterocycles. The second-order valence-electron chi connectivity index (χ2n) is 4.04. The van der Waals surface area contributed by atoms with Crippen LogP contribution in [0.1, 0.15) is 24.2 Å². The van der Waals surface area contributed by atoms with Gasteiger partial charge in [-0.15, -0.1) is 0 Å². The van der Waals surface area contributed by atoms with Gasteiger partial charge in [0.25, 0.3) is 11.6 Å². The fourth-order valence-electron chi connectivity index (χ4n) is 1.29. The summed E-state index contributed by atoms with van der Waals surface area (Å²) in [6.45, 7) is 3.76. The quantitative estimate of drug-likeness (QED) is 0.491. The second-order valence-corrected chi connectivity index (χ2v) is 4.04. The first-order valence-corrected chi connectivity index (χ1v) is 5.15. The molecule has 0 saturated heterocycles. The molecule has 6 heteroatoms. The molecule has 6 nitrogen and oxygen atoms in total. The summed E-state index contributed by atoms with van der Waals surface area (Å²) in [5.41, 5.74) is 5.69. The summed E-state index contributed by atoms with van der Waals surface area (Å²) in [7, 11) is 1.67. The molecule has 17 heavy (non-hydrogen) atoms. The standard InChI is InChI=1S/C11H15N3O3/c1-7(2)13(3)11(15)8-4-5-10(14(16)17)9(12)6-8/h4-7H,12H2,1-3H3. The lowest BCUT2D eigenvalue weighted by Gasteiger charge is -2.21. The van der Waals surface area contributed by atoms with Crippen LogP contribution in [0.2, 0.25) is 0 Å². The van der Waals surface area contributed by atoms with E-state index in [1.165, 1.54) is 18.2 Å². The average molecular weight is 237 g/mol. The van der Waals surface area contributed by atoms with Crippen LogP contribution < -0.4 is 5.73 Å². The van der Waals surface area contributed by atoms with Crippen LogP contribution in [0, 0.1) is 10.1 Å².